The zero-order chi connectivity index (χ0) is 14.0. The molecule has 0 spiro atoms. The van der Waals surface area contributed by atoms with Crippen LogP contribution >= 0.6 is 0 Å². The number of phenols is 1. The molecule has 0 fully saturated rings. The molecule has 6 heteroatoms. The van der Waals surface area contributed by atoms with Crippen LogP contribution in [0.3, 0.4) is 0 Å². The Hall–Kier alpha value is -2.37. The second kappa shape index (κ2) is 5.09. The lowest BCUT2D eigenvalue weighted by molar-refractivity contribution is 0.101. The molecule has 0 radical (unpaired) electrons. The number of benzene rings is 1. The Morgan fingerprint density at radius 3 is 2.74 bits per heavy atom. The molecule has 1 aromatic carbocycles. The number of carbonyl (C=O) groups excluding carboxylic acids is 1. The number of aromatic amines is 1. The number of hydrogen-bond donors (Lipinski definition) is 3. The summed E-state index contributed by atoms with van der Waals surface area (Å²) in [5.74, 6) is 0.776. The maximum Gasteiger partial charge on any atom is 0.295 e. The van der Waals surface area contributed by atoms with Gasteiger partial charge in [-0.25, -0.2) is 4.98 Å². The van der Waals surface area contributed by atoms with Crippen molar-refractivity contribution in [2.24, 2.45) is 0 Å². The molecule has 0 aliphatic heterocycles. The molecular formula is C13H16N4O2. The van der Waals surface area contributed by atoms with Gasteiger partial charge in [0.15, 0.2) is 0 Å². The summed E-state index contributed by atoms with van der Waals surface area (Å²) < 4.78 is 0. The van der Waals surface area contributed by atoms with Crippen molar-refractivity contribution >= 4 is 11.6 Å². The molecule has 2 rings (SSSR count). The first-order valence-electron chi connectivity index (χ1n) is 6.00. The number of anilines is 1. The van der Waals surface area contributed by atoms with Crippen LogP contribution in [0.25, 0.3) is 0 Å². The molecule has 0 aliphatic rings. The molecule has 0 atom stereocenters. The Morgan fingerprint density at radius 2 is 2.16 bits per heavy atom. The summed E-state index contributed by atoms with van der Waals surface area (Å²) in [6.45, 7) is 5.69. The van der Waals surface area contributed by atoms with Crippen LogP contribution in [0.1, 0.15) is 41.8 Å². The molecule has 100 valence electrons. The van der Waals surface area contributed by atoms with Crippen LogP contribution in [0, 0.1) is 6.92 Å². The molecule has 1 heterocycles. The first-order chi connectivity index (χ1) is 8.97. The first kappa shape index (κ1) is 13.1. The summed E-state index contributed by atoms with van der Waals surface area (Å²) in [6.07, 6.45) is 0. The zero-order valence-electron chi connectivity index (χ0n) is 11.1. The summed E-state index contributed by atoms with van der Waals surface area (Å²) in [6, 6.07) is 4.84. The number of rotatable bonds is 3. The highest BCUT2D eigenvalue weighted by Crippen LogP contribution is 2.20. The van der Waals surface area contributed by atoms with Crippen LogP contribution in [0.5, 0.6) is 5.75 Å². The molecule has 1 aromatic heterocycles. The average Bonchev–Trinajstić information content (AvgIpc) is 2.83. The van der Waals surface area contributed by atoms with Crippen LogP contribution in [-0.2, 0) is 0 Å². The van der Waals surface area contributed by atoms with E-state index in [0.717, 1.165) is 0 Å². The van der Waals surface area contributed by atoms with E-state index in [2.05, 4.69) is 20.5 Å². The number of aryl methyl sites for hydroxylation is 1. The smallest absolute Gasteiger partial charge is 0.295 e. The van der Waals surface area contributed by atoms with Gasteiger partial charge in [0.25, 0.3) is 5.91 Å². The van der Waals surface area contributed by atoms with Crippen LogP contribution in [-0.4, -0.2) is 26.2 Å². The third-order valence-corrected chi connectivity index (χ3v) is 2.71. The molecule has 6 nitrogen and oxygen atoms in total. The summed E-state index contributed by atoms with van der Waals surface area (Å²) >= 11 is 0. The van der Waals surface area contributed by atoms with E-state index in [4.69, 9.17) is 0 Å². The van der Waals surface area contributed by atoms with Gasteiger partial charge < -0.3 is 10.4 Å². The largest absolute Gasteiger partial charge is 0.508 e. The minimum atomic E-state index is -0.381. The normalized spacial score (nSPS) is 10.7. The van der Waals surface area contributed by atoms with Gasteiger partial charge in [0, 0.05) is 11.6 Å². The van der Waals surface area contributed by atoms with Gasteiger partial charge in [-0.3, -0.25) is 9.89 Å². The van der Waals surface area contributed by atoms with E-state index in [9.17, 15) is 9.90 Å². The number of aromatic nitrogens is 3. The van der Waals surface area contributed by atoms with Crippen molar-refractivity contribution in [1.29, 1.82) is 0 Å². The summed E-state index contributed by atoms with van der Waals surface area (Å²) in [5.41, 5.74) is 1.28. The predicted molar refractivity (Wildman–Crippen MR) is 71.3 cm³/mol. The second-order valence-corrected chi connectivity index (χ2v) is 4.65. The molecule has 0 saturated heterocycles. The highest BCUT2D eigenvalue weighted by Gasteiger charge is 2.14. The number of carbonyl (C=O) groups is 1. The quantitative estimate of drug-likeness (QED) is 0.738. The van der Waals surface area contributed by atoms with Crippen LogP contribution in [0.2, 0.25) is 0 Å². The Balaban J connectivity index is 2.13. The lowest BCUT2D eigenvalue weighted by atomic mass is 10.2. The predicted octanol–water partition coefficient (Wildman–Crippen LogP) is 2.19. The van der Waals surface area contributed by atoms with Gasteiger partial charge in [-0.1, -0.05) is 13.8 Å². The van der Waals surface area contributed by atoms with Crippen molar-refractivity contribution in [1.82, 2.24) is 15.2 Å². The highest BCUT2D eigenvalue weighted by atomic mass is 16.3. The highest BCUT2D eigenvalue weighted by molar-refractivity contribution is 6.01. The van der Waals surface area contributed by atoms with Crippen molar-refractivity contribution in [2.75, 3.05) is 5.32 Å². The van der Waals surface area contributed by atoms with Gasteiger partial charge in [0.1, 0.15) is 11.6 Å². The van der Waals surface area contributed by atoms with E-state index in [1.54, 1.807) is 19.1 Å². The Kier molecular flexibility index (Phi) is 3.50. The van der Waals surface area contributed by atoms with Crippen molar-refractivity contribution in [3.05, 3.63) is 35.4 Å². The molecule has 0 bridgehead atoms. The second-order valence-electron chi connectivity index (χ2n) is 4.65. The van der Waals surface area contributed by atoms with Crippen LogP contribution in [0.15, 0.2) is 18.2 Å². The van der Waals surface area contributed by atoms with E-state index in [1.807, 2.05) is 13.8 Å². The van der Waals surface area contributed by atoms with Crippen molar-refractivity contribution in [3.63, 3.8) is 0 Å². The number of hydrogen-bond acceptors (Lipinski definition) is 4. The third-order valence-electron chi connectivity index (χ3n) is 2.71. The fourth-order valence-corrected chi connectivity index (χ4v) is 1.55. The molecule has 0 unspecified atom stereocenters. The molecule has 19 heavy (non-hydrogen) atoms. The summed E-state index contributed by atoms with van der Waals surface area (Å²) in [7, 11) is 0. The van der Waals surface area contributed by atoms with Gasteiger partial charge in [-0.05, 0) is 30.7 Å². The molecule has 2 aromatic rings. The van der Waals surface area contributed by atoms with E-state index in [0.29, 0.717) is 17.1 Å². The van der Waals surface area contributed by atoms with Crippen LogP contribution in [0.4, 0.5) is 5.69 Å². The van der Waals surface area contributed by atoms with Gasteiger partial charge in [-0.15, -0.1) is 5.10 Å². The maximum atomic E-state index is 11.9. The van der Waals surface area contributed by atoms with Crippen molar-refractivity contribution in [2.45, 2.75) is 26.7 Å². The van der Waals surface area contributed by atoms with Gasteiger partial charge >= 0.3 is 0 Å². The zero-order valence-corrected chi connectivity index (χ0v) is 11.1. The Labute approximate surface area is 110 Å². The Bertz CT molecular complexity index is 604. The maximum absolute atomic E-state index is 11.9. The van der Waals surface area contributed by atoms with E-state index in [1.165, 1.54) is 6.07 Å². The lowest BCUT2D eigenvalue weighted by Gasteiger charge is -2.04. The van der Waals surface area contributed by atoms with Crippen molar-refractivity contribution in [3.8, 4) is 5.75 Å². The number of phenolic OH excluding ortho intramolecular Hbond substituents is 1. The average molecular weight is 260 g/mol. The number of nitrogens with zero attached hydrogens (tertiary/aromatic N) is 2. The van der Waals surface area contributed by atoms with Crippen LogP contribution < -0.4 is 5.32 Å². The fourth-order valence-electron chi connectivity index (χ4n) is 1.55. The first-order valence-corrected chi connectivity index (χ1v) is 6.00. The Morgan fingerprint density at radius 1 is 1.42 bits per heavy atom. The SMILES string of the molecule is Cc1cc(NC(=O)c2n[nH]c(C(C)C)n2)ccc1O. The van der Waals surface area contributed by atoms with E-state index < -0.39 is 0 Å². The standard InChI is InChI=1S/C13H16N4O2/c1-7(2)11-15-12(17-16-11)13(19)14-9-4-5-10(18)8(3)6-9/h4-7,18H,1-3H3,(H,14,19)(H,15,16,17). The molecular weight excluding hydrogens is 244 g/mol. The topological polar surface area (TPSA) is 90.9 Å². The lowest BCUT2D eigenvalue weighted by Crippen LogP contribution is -2.14. The number of H-pyrrole nitrogens is 1. The molecule has 1 amide bonds. The minimum absolute atomic E-state index is 0.106. The van der Waals surface area contributed by atoms with E-state index in [-0.39, 0.29) is 23.4 Å². The number of aromatic hydroxyl groups is 1. The fraction of sp³-hybridized carbons (Fsp3) is 0.308. The minimum Gasteiger partial charge on any atom is -0.508 e. The molecule has 0 saturated carbocycles. The monoisotopic (exact) mass is 260 g/mol. The molecule has 0 aliphatic carbocycles. The van der Waals surface area contributed by atoms with Crippen molar-refractivity contribution < 1.29 is 9.90 Å². The van der Waals surface area contributed by atoms with E-state index >= 15 is 0 Å². The third kappa shape index (κ3) is 2.90. The van der Waals surface area contributed by atoms with Gasteiger partial charge in [0.05, 0.1) is 0 Å². The summed E-state index contributed by atoms with van der Waals surface area (Å²) in [5, 5.41) is 18.7. The molecule has 3 N–H and O–H groups in total. The summed E-state index contributed by atoms with van der Waals surface area (Å²) in [4.78, 5) is 16.0. The number of amides is 1. The number of nitrogens with one attached hydrogen (secondary N) is 2. The van der Waals surface area contributed by atoms with Gasteiger partial charge in [0.2, 0.25) is 5.82 Å². The van der Waals surface area contributed by atoms with Gasteiger partial charge in [-0.2, -0.15) is 0 Å².